The molecule has 0 bridgehead atoms. The van der Waals surface area contributed by atoms with Crippen LogP contribution in [-0.4, -0.2) is 68.6 Å². The maximum Gasteiger partial charge on any atom is 0.306 e. The molecule has 0 aromatic heterocycles. The summed E-state index contributed by atoms with van der Waals surface area (Å²) in [4.78, 5) is 26.5. The summed E-state index contributed by atoms with van der Waals surface area (Å²) in [5, 5.41) is 0. The number of sulfone groups is 1. The number of morpholine rings is 1. The first-order valence-electron chi connectivity index (χ1n) is 9.49. The molecule has 156 valence electrons. The van der Waals surface area contributed by atoms with Gasteiger partial charge in [-0.3, -0.25) is 9.59 Å². The minimum atomic E-state index is -3.86. The summed E-state index contributed by atoms with van der Waals surface area (Å²) in [6.07, 6.45) is -0.0566. The third kappa shape index (κ3) is 5.32. The summed E-state index contributed by atoms with van der Waals surface area (Å²) in [5.41, 5.74) is 0.730. The zero-order valence-electron chi connectivity index (χ0n) is 16.7. The Morgan fingerprint density at radius 1 is 1.18 bits per heavy atom. The van der Waals surface area contributed by atoms with E-state index in [1.165, 1.54) is 18.7 Å². The van der Waals surface area contributed by atoms with Crippen molar-refractivity contribution >= 4 is 21.7 Å². The molecular formula is C20H29NO6S. The molecule has 1 aromatic carbocycles. The molecule has 8 heteroatoms. The second-order valence-electron chi connectivity index (χ2n) is 7.31. The summed E-state index contributed by atoms with van der Waals surface area (Å²) in [6, 6.07) is 8.99. The van der Waals surface area contributed by atoms with Gasteiger partial charge in [0, 0.05) is 19.0 Å². The number of nitrogens with zero attached hydrogens (tertiary/aromatic N) is 1. The average molecular weight is 412 g/mol. The Labute approximate surface area is 166 Å². The van der Waals surface area contributed by atoms with Crippen LogP contribution in [0.15, 0.2) is 30.3 Å². The lowest BCUT2D eigenvalue weighted by atomic mass is 9.98. The van der Waals surface area contributed by atoms with Gasteiger partial charge in [0.25, 0.3) is 0 Å². The van der Waals surface area contributed by atoms with Gasteiger partial charge >= 0.3 is 5.97 Å². The molecule has 0 radical (unpaired) electrons. The van der Waals surface area contributed by atoms with Crippen molar-refractivity contribution in [3.63, 3.8) is 0 Å². The highest BCUT2D eigenvalue weighted by molar-refractivity contribution is 7.93. The van der Waals surface area contributed by atoms with Crippen LogP contribution in [-0.2, 0) is 28.9 Å². The number of amides is 1. The third-order valence-electron chi connectivity index (χ3n) is 5.00. The average Bonchev–Trinajstić information content (AvgIpc) is 2.68. The SMILES string of the molecule is CCOC(=O)CC(CS(=O)(=O)C(C)(C)C(=O)N1CCOCC1)c1ccccc1. The van der Waals surface area contributed by atoms with Crippen molar-refractivity contribution in [3.05, 3.63) is 35.9 Å². The van der Waals surface area contributed by atoms with E-state index in [4.69, 9.17) is 9.47 Å². The Morgan fingerprint density at radius 2 is 1.79 bits per heavy atom. The lowest BCUT2D eigenvalue weighted by molar-refractivity contribution is -0.143. The van der Waals surface area contributed by atoms with Crippen LogP contribution in [0.3, 0.4) is 0 Å². The molecule has 1 fully saturated rings. The quantitative estimate of drug-likeness (QED) is 0.606. The van der Waals surface area contributed by atoms with Gasteiger partial charge in [-0.25, -0.2) is 8.42 Å². The van der Waals surface area contributed by atoms with Crippen LogP contribution in [0.2, 0.25) is 0 Å². The Hall–Kier alpha value is -1.93. The molecule has 0 aliphatic carbocycles. The van der Waals surface area contributed by atoms with Gasteiger partial charge in [0.1, 0.15) is 4.75 Å². The molecule has 28 heavy (non-hydrogen) atoms. The molecule has 1 unspecified atom stereocenters. The van der Waals surface area contributed by atoms with Gasteiger partial charge < -0.3 is 14.4 Å². The molecule has 0 N–H and O–H groups in total. The molecule has 1 atom stereocenters. The summed E-state index contributed by atoms with van der Waals surface area (Å²) in [7, 11) is -3.86. The fourth-order valence-corrected chi connectivity index (χ4v) is 4.82. The van der Waals surface area contributed by atoms with Crippen molar-refractivity contribution in [3.8, 4) is 0 Å². The highest BCUT2D eigenvalue weighted by Gasteiger charge is 2.45. The Bertz CT molecular complexity index is 769. The minimum Gasteiger partial charge on any atom is -0.466 e. The van der Waals surface area contributed by atoms with Crippen molar-refractivity contribution in [2.75, 3.05) is 38.7 Å². The van der Waals surface area contributed by atoms with E-state index in [1.807, 2.05) is 6.07 Å². The first kappa shape index (κ1) is 22.4. The molecule has 0 spiro atoms. The highest BCUT2D eigenvalue weighted by Crippen LogP contribution is 2.29. The Balaban J connectivity index is 2.24. The number of ether oxygens (including phenoxy) is 2. The smallest absolute Gasteiger partial charge is 0.306 e. The number of esters is 1. The van der Waals surface area contributed by atoms with E-state index < -0.39 is 32.4 Å². The second kappa shape index (κ2) is 9.52. The summed E-state index contributed by atoms with van der Waals surface area (Å²) in [6.45, 7) is 6.36. The lowest BCUT2D eigenvalue weighted by Gasteiger charge is -2.34. The van der Waals surface area contributed by atoms with Gasteiger partial charge in [-0.1, -0.05) is 30.3 Å². The van der Waals surface area contributed by atoms with E-state index in [0.29, 0.717) is 26.3 Å². The molecule has 1 heterocycles. The van der Waals surface area contributed by atoms with Gasteiger partial charge in [-0.15, -0.1) is 0 Å². The van der Waals surface area contributed by atoms with Gasteiger partial charge in [-0.05, 0) is 26.3 Å². The molecule has 7 nitrogen and oxygen atoms in total. The first-order valence-corrected chi connectivity index (χ1v) is 11.1. The van der Waals surface area contributed by atoms with E-state index >= 15 is 0 Å². The molecule has 1 aromatic rings. The first-order chi connectivity index (χ1) is 13.2. The Kier molecular flexibility index (Phi) is 7.60. The van der Waals surface area contributed by atoms with Crippen molar-refractivity contribution in [2.24, 2.45) is 0 Å². The van der Waals surface area contributed by atoms with Crippen LogP contribution in [0.4, 0.5) is 0 Å². The van der Waals surface area contributed by atoms with Crippen LogP contribution >= 0.6 is 0 Å². The predicted molar refractivity (Wildman–Crippen MR) is 106 cm³/mol. The van der Waals surface area contributed by atoms with Crippen molar-refractivity contribution in [2.45, 2.75) is 37.9 Å². The maximum atomic E-state index is 13.2. The van der Waals surface area contributed by atoms with E-state index in [2.05, 4.69) is 0 Å². The summed E-state index contributed by atoms with van der Waals surface area (Å²) >= 11 is 0. The number of rotatable bonds is 8. The number of carbonyl (C=O) groups is 2. The number of benzene rings is 1. The monoisotopic (exact) mass is 411 g/mol. The van der Waals surface area contributed by atoms with Gasteiger partial charge in [0.15, 0.2) is 9.84 Å². The number of hydrogen-bond donors (Lipinski definition) is 0. The van der Waals surface area contributed by atoms with E-state index in [1.54, 1.807) is 31.2 Å². The molecule has 1 saturated heterocycles. The third-order valence-corrected chi connectivity index (χ3v) is 7.57. The minimum absolute atomic E-state index is 0.0566. The standard InChI is InChI=1S/C20H29NO6S/c1-4-27-18(22)14-17(16-8-6-5-7-9-16)15-28(24,25)20(2,3)19(23)21-10-12-26-13-11-21/h5-9,17H,4,10-15H2,1-3H3. The lowest BCUT2D eigenvalue weighted by Crippen LogP contribution is -2.54. The molecule has 2 rings (SSSR count). The van der Waals surface area contributed by atoms with Crippen molar-refractivity contribution in [1.29, 1.82) is 0 Å². The number of carbonyl (C=O) groups excluding carboxylic acids is 2. The van der Waals surface area contributed by atoms with E-state index in [-0.39, 0.29) is 18.8 Å². The van der Waals surface area contributed by atoms with Gasteiger partial charge in [0.2, 0.25) is 5.91 Å². The fraction of sp³-hybridized carbons (Fsp3) is 0.600. The van der Waals surface area contributed by atoms with Crippen molar-refractivity contribution < 1.29 is 27.5 Å². The summed E-state index contributed by atoms with van der Waals surface area (Å²) in [5.74, 6) is -1.77. The van der Waals surface area contributed by atoms with Crippen molar-refractivity contribution in [1.82, 2.24) is 4.90 Å². The zero-order valence-corrected chi connectivity index (χ0v) is 17.5. The van der Waals surface area contributed by atoms with Crippen LogP contribution in [0.1, 0.15) is 38.7 Å². The molecule has 1 amide bonds. The summed E-state index contributed by atoms with van der Waals surface area (Å²) < 4.78 is 35.1. The fourth-order valence-electron chi connectivity index (χ4n) is 3.17. The van der Waals surface area contributed by atoms with E-state index in [0.717, 1.165) is 5.56 Å². The van der Waals surface area contributed by atoms with Crippen LogP contribution in [0.5, 0.6) is 0 Å². The maximum absolute atomic E-state index is 13.2. The largest absolute Gasteiger partial charge is 0.466 e. The normalized spacial score (nSPS) is 16.5. The topological polar surface area (TPSA) is 90.0 Å². The van der Waals surface area contributed by atoms with Crippen LogP contribution < -0.4 is 0 Å². The molecule has 1 aliphatic heterocycles. The predicted octanol–water partition coefficient (Wildman–Crippen LogP) is 1.78. The second-order valence-corrected chi connectivity index (χ2v) is 9.90. The van der Waals surface area contributed by atoms with Gasteiger partial charge in [-0.2, -0.15) is 0 Å². The zero-order chi connectivity index (χ0) is 20.8. The van der Waals surface area contributed by atoms with Crippen LogP contribution in [0, 0.1) is 0 Å². The highest BCUT2D eigenvalue weighted by atomic mass is 32.2. The molecular weight excluding hydrogens is 382 g/mol. The Morgan fingerprint density at radius 3 is 2.36 bits per heavy atom. The van der Waals surface area contributed by atoms with E-state index in [9.17, 15) is 18.0 Å². The molecule has 0 saturated carbocycles. The number of hydrogen-bond acceptors (Lipinski definition) is 6. The van der Waals surface area contributed by atoms with Crippen LogP contribution in [0.25, 0.3) is 0 Å². The molecule has 1 aliphatic rings. The van der Waals surface area contributed by atoms with Gasteiger partial charge in [0.05, 0.1) is 32.0 Å².